The molecule has 21 heavy (non-hydrogen) atoms. The molecule has 2 aromatic rings. The zero-order valence-corrected chi connectivity index (χ0v) is 11.6. The van der Waals surface area contributed by atoms with Gasteiger partial charge in [-0.1, -0.05) is 6.07 Å². The van der Waals surface area contributed by atoms with Crippen LogP contribution >= 0.6 is 0 Å². The summed E-state index contributed by atoms with van der Waals surface area (Å²) in [6.45, 7) is 2.88. The van der Waals surface area contributed by atoms with E-state index in [9.17, 15) is 8.78 Å². The summed E-state index contributed by atoms with van der Waals surface area (Å²) in [4.78, 5) is 4.12. The molecule has 0 saturated carbocycles. The number of aryl methyl sites for hydroxylation is 1. The van der Waals surface area contributed by atoms with Crippen molar-refractivity contribution in [3.63, 3.8) is 0 Å². The Balaban J connectivity index is 1.68. The van der Waals surface area contributed by atoms with Crippen LogP contribution in [0.4, 0.5) is 8.78 Å². The van der Waals surface area contributed by atoms with Crippen LogP contribution in [0, 0.1) is 18.6 Å². The summed E-state index contributed by atoms with van der Waals surface area (Å²) in [5.74, 6) is -0.350. The van der Waals surface area contributed by atoms with Crippen LogP contribution in [0.1, 0.15) is 29.7 Å². The SMILES string of the molecule is Cc1cnc(CN[C@@H]2CCO[C@@H]2c2ccc(F)c(F)c2)o1. The summed E-state index contributed by atoms with van der Waals surface area (Å²) in [5, 5.41) is 3.30. The summed E-state index contributed by atoms with van der Waals surface area (Å²) >= 11 is 0. The number of nitrogens with zero attached hydrogens (tertiary/aromatic N) is 1. The first kappa shape index (κ1) is 14.2. The van der Waals surface area contributed by atoms with Gasteiger partial charge in [-0.3, -0.25) is 0 Å². The second kappa shape index (κ2) is 5.91. The Morgan fingerprint density at radius 3 is 2.90 bits per heavy atom. The first-order chi connectivity index (χ1) is 10.1. The molecule has 2 heterocycles. The Morgan fingerprint density at radius 2 is 2.19 bits per heavy atom. The van der Waals surface area contributed by atoms with Gasteiger partial charge in [-0.05, 0) is 31.0 Å². The van der Waals surface area contributed by atoms with E-state index in [0.29, 0.717) is 24.6 Å². The molecule has 1 N–H and O–H groups in total. The van der Waals surface area contributed by atoms with E-state index in [0.717, 1.165) is 18.2 Å². The number of hydrogen-bond donors (Lipinski definition) is 1. The maximum atomic E-state index is 13.3. The summed E-state index contributed by atoms with van der Waals surface area (Å²) in [7, 11) is 0. The Bertz CT molecular complexity index is 630. The fraction of sp³-hybridized carbons (Fsp3) is 0.400. The minimum Gasteiger partial charge on any atom is -0.445 e. The number of rotatable bonds is 4. The summed E-state index contributed by atoms with van der Waals surface area (Å²) in [5.41, 5.74) is 0.632. The monoisotopic (exact) mass is 294 g/mol. The van der Waals surface area contributed by atoms with Crippen molar-refractivity contribution in [1.29, 1.82) is 0 Å². The highest BCUT2D eigenvalue weighted by Crippen LogP contribution is 2.30. The molecule has 2 atom stereocenters. The van der Waals surface area contributed by atoms with E-state index >= 15 is 0 Å². The van der Waals surface area contributed by atoms with Gasteiger partial charge >= 0.3 is 0 Å². The fourth-order valence-electron chi connectivity index (χ4n) is 2.52. The summed E-state index contributed by atoms with van der Waals surface area (Å²) in [6.07, 6.45) is 2.16. The molecule has 1 aromatic heterocycles. The standard InChI is InChI=1S/C15H16F2N2O2/c1-9-7-19-14(21-9)8-18-13-4-5-20-15(13)10-2-3-11(16)12(17)6-10/h2-3,6-7,13,15,18H,4-5,8H2,1H3/t13-,15-/m1/s1. The van der Waals surface area contributed by atoms with Crippen LogP contribution in [0.15, 0.2) is 28.8 Å². The molecule has 6 heteroatoms. The van der Waals surface area contributed by atoms with Gasteiger partial charge < -0.3 is 14.5 Å². The van der Waals surface area contributed by atoms with Gasteiger partial charge in [-0.25, -0.2) is 13.8 Å². The normalized spacial score (nSPS) is 21.9. The van der Waals surface area contributed by atoms with Crippen LogP contribution in [0.2, 0.25) is 0 Å². The van der Waals surface area contributed by atoms with Crippen LogP contribution in [0.25, 0.3) is 0 Å². The van der Waals surface area contributed by atoms with Crippen molar-refractivity contribution in [2.75, 3.05) is 6.61 Å². The first-order valence-corrected chi connectivity index (χ1v) is 6.85. The molecule has 0 radical (unpaired) electrons. The molecule has 112 valence electrons. The maximum Gasteiger partial charge on any atom is 0.208 e. The Labute approximate surface area is 121 Å². The topological polar surface area (TPSA) is 47.3 Å². The number of halogens is 2. The molecule has 0 bridgehead atoms. The molecule has 0 spiro atoms. The third-order valence-corrected chi connectivity index (χ3v) is 3.55. The molecule has 4 nitrogen and oxygen atoms in total. The van der Waals surface area contributed by atoms with E-state index < -0.39 is 11.6 Å². The van der Waals surface area contributed by atoms with Crippen LogP contribution < -0.4 is 5.32 Å². The van der Waals surface area contributed by atoms with E-state index in [4.69, 9.17) is 9.15 Å². The van der Waals surface area contributed by atoms with Crippen LogP contribution in [0.5, 0.6) is 0 Å². The smallest absolute Gasteiger partial charge is 0.208 e. The van der Waals surface area contributed by atoms with Gasteiger partial charge in [0, 0.05) is 12.6 Å². The zero-order valence-electron chi connectivity index (χ0n) is 11.6. The quantitative estimate of drug-likeness (QED) is 0.942. The Hall–Kier alpha value is -1.79. The maximum absolute atomic E-state index is 13.3. The number of oxazole rings is 1. The van der Waals surface area contributed by atoms with Crippen molar-refractivity contribution < 1.29 is 17.9 Å². The average Bonchev–Trinajstić information content (AvgIpc) is 3.08. The lowest BCUT2D eigenvalue weighted by Crippen LogP contribution is -2.31. The predicted molar refractivity (Wildman–Crippen MR) is 71.5 cm³/mol. The highest BCUT2D eigenvalue weighted by molar-refractivity contribution is 5.22. The molecule has 3 rings (SSSR count). The molecular weight excluding hydrogens is 278 g/mol. The fourth-order valence-corrected chi connectivity index (χ4v) is 2.52. The van der Waals surface area contributed by atoms with Crippen LogP contribution in [-0.2, 0) is 11.3 Å². The number of benzene rings is 1. The highest BCUT2D eigenvalue weighted by atomic mass is 19.2. The van der Waals surface area contributed by atoms with Crippen molar-refractivity contribution >= 4 is 0 Å². The molecule has 0 unspecified atom stereocenters. The highest BCUT2D eigenvalue weighted by Gasteiger charge is 2.30. The van der Waals surface area contributed by atoms with Gasteiger partial charge in [0.1, 0.15) is 5.76 Å². The van der Waals surface area contributed by atoms with Gasteiger partial charge in [0.2, 0.25) is 5.89 Å². The van der Waals surface area contributed by atoms with Crippen LogP contribution in [-0.4, -0.2) is 17.6 Å². The largest absolute Gasteiger partial charge is 0.445 e. The van der Waals surface area contributed by atoms with E-state index in [-0.39, 0.29) is 12.1 Å². The minimum atomic E-state index is -0.856. The van der Waals surface area contributed by atoms with Gasteiger partial charge in [0.25, 0.3) is 0 Å². The molecule has 1 aromatic carbocycles. The third kappa shape index (κ3) is 3.11. The van der Waals surface area contributed by atoms with Gasteiger partial charge in [-0.2, -0.15) is 0 Å². The third-order valence-electron chi connectivity index (χ3n) is 3.55. The first-order valence-electron chi connectivity index (χ1n) is 6.85. The van der Waals surface area contributed by atoms with Crippen LogP contribution in [0.3, 0.4) is 0 Å². The van der Waals surface area contributed by atoms with Gasteiger partial charge in [0.05, 0.1) is 18.8 Å². The van der Waals surface area contributed by atoms with Crippen molar-refractivity contribution in [2.24, 2.45) is 0 Å². The molecule has 0 aliphatic carbocycles. The Kier molecular flexibility index (Phi) is 3.98. The number of ether oxygens (including phenoxy) is 1. The molecular formula is C15H16F2N2O2. The van der Waals surface area contributed by atoms with E-state index in [2.05, 4.69) is 10.3 Å². The summed E-state index contributed by atoms with van der Waals surface area (Å²) < 4.78 is 37.4. The average molecular weight is 294 g/mol. The lowest BCUT2D eigenvalue weighted by atomic mass is 10.0. The molecule has 1 aliphatic rings. The number of nitrogens with one attached hydrogen (secondary N) is 1. The molecule has 1 fully saturated rings. The lowest BCUT2D eigenvalue weighted by molar-refractivity contribution is 0.0976. The van der Waals surface area contributed by atoms with Crippen molar-refractivity contribution in [2.45, 2.75) is 32.0 Å². The van der Waals surface area contributed by atoms with Crippen molar-refractivity contribution in [3.8, 4) is 0 Å². The van der Waals surface area contributed by atoms with Gasteiger partial charge in [-0.15, -0.1) is 0 Å². The second-order valence-electron chi connectivity index (χ2n) is 5.11. The lowest BCUT2D eigenvalue weighted by Gasteiger charge is -2.19. The zero-order chi connectivity index (χ0) is 14.8. The second-order valence-corrected chi connectivity index (χ2v) is 5.11. The molecule has 1 saturated heterocycles. The van der Waals surface area contributed by atoms with E-state index in [1.807, 2.05) is 6.92 Å². The van der Waals surface area contributed by atoms with Crippen molar-refractivity contribution in [3.05, 3.63) is 53.2 Å². The molecule has 1 aliphatic heterocycles. The van der Waals surface area contributed by atoms with E-state index in [1.54, 1.807) is 12.3 Å². The predicted octanol–water partition coefficient (Wildman–Crippen LogP) is 2.88. The number of aromatic nitrogens is 1. The van der Waals surface area contributed by atoms with Gasteiger partial charge in [0.15, 0.2) is 11.6 Å². The molecule has 0 amide bonds. The van der Waals surface area contributed by atoms with E-state index in [1.165, 1.54) is 6.07 Å². The number of hydrogen-bond acceptors (Lipinski definition) is 4. The minimum absolute atomic E-state index is 0.0158. The summed E-state index contributed by atoms with van der Waals surface area (Å²) in [6, 6.07) is 3.89. The van der Waals surface area contributed by atoms with Crippen molar-refractivity contribution in [1.82, 2.24) is 10.3 Å². The Morgan fingerprint density at radius 1 is 1.33 bits per heavy atom.